The minimum absolute atomic E-state index is 0.335. The topological polar surface area (TPSA) is 15.6 Å². The molecule has 0 radical (unpaired) electrons. The van der Waals surface area contributed by atoms with Gasteiger partial charge in [-0.1, -0.05) is 0 Å². The van der Waals surface area contributed by atoms with Crippen molar-refractivity contribution in [2.24, 2.45) is 4.99 Å². The zero-order chi connectivity index (χ0) is 16.7. The molecular weight excluding hydrogens is 341 g/mol. The summed E-state index contributed by atoms with van der Waals surface area (Å²) >= 11 is 11.5. The summed E-state index contributed by atoms with van der Waals surface area (Å²) in [5, 5.41) is 0. The van der Waals surface area contributed by atoms with Gasteiger partial charge in [0.1, 0.15) is 11.6 Å². The van der Waals surface area contributed by atoms with E-state index in [9.17, 15) is 8.78 Å². The molecular formula is C17H16Cl2F2N2. The molecule has 0 aliphatic heterocycles. The van der Waals surface area contributed by atoms with E-state index in [0.29, 0.717) is 36.1 Å². The monoisotopic (exact) mass is 356 g/mol. The first-order chi connectivity index (χ1) is 11.1. The number of anilines is 1. The highest BCUT2D eigenvalue weighted by Gasteiger charge is 2.08. The summed E-state index contributed by atoms with van der Waals surface area (Å²) < 4.78 is 27.0. The molecule has 0 N–H and O–H groups in total. The summed E-state index contributed by atoms with van der Waals surface area (Å²) in [7, 11) is 0. The van der Waals surface area contributed by atoms with Crippen molar-refractivity contribution in [1.29, 1.82) is 0 Å². The van der Waals surface area contributed by atoms with Crippen LogP contribution in [0.15, 0.2) is 47.5 Å². The van der Waals surface area contributed by atoms with Crippen molar-refractivity contribution in [3.8, 4) is 0 Å². The van der Waals surface area contributed by atoms with E-state index in [1.165, 1.54) is 36.5 Å². The molecule has 0 spiro atoms. The van der Waals surface area contributed by atoms with Crippen molar-refractivity contribution >= 4 is 40.8 Å². The predicted molar refractivity (Wildman–Crippen MR) is 93.7 cm³/mol. The standard InChI is InChI=1S/C17H16Cl2F2N2/c18-7-9-23(10-8-19)16-6-1-13(17(21)11-16)12-22-15-4-2-14(20)3-5-15/h1-6,11-12H,7-10H2. The van der Waals surface area contributed by atoms with Crippen molar-refractivity contribution in [2.45, 2.75) is 0 Å². The van der Waals surface area contributed by atoms with E-state index >= 15 is 0 Å². The normalized spacial score (nSPS) is 11.1. The van der Waals surface area contributed by atoms with Gasteiger partial charge in [-0.2, -0.15) is 0 Å². The Morgan fingerprint density at radius 3 is 2.17 bits per heavy atom. The van der Waals surface area contributed by atoms with Crippen LogP contribution in [0.5, 0.6) is 0 Å². The molecule has 2 aromatic carbocycles. The lowest BCUT2D eigenvalue weighted by Crippen LogP contribution is -2.27. The average Bonchev–Trinajstić information content (AvgIpc) is 2.55. The van der Waals surface area contributed by atoms with Gasteiger partial charge in [0.25, 0.3) is 0 Å². The third kappa shape index (κ3) is 5.19. The fourth-order valence-corrected chi connectivity index (χ4v) is 2.47. The second-order valence-corrected chi connectivity index (χ2v) is 5.56. The lowest BCUT2D eigenvalue weighted by Gasteiger charge is -2.23. The van der Waals surface area contributed by atoms with Gasteiger partial charge in [0.05, 0.1) is 5.69 Å². The van der Waals surface area contributed by atoms with Gasteiger partial charge in [0.15, 0.2) is 0 Å². The van der Waals surface area contributed by atoms with Crippen LogP contribution in [0.3, 0.4) is 0 Å². The van der Waals surface area contributed by atoms with Crippen LogP contribution in [-0.2, 0) is 0 Å². The molecule has 6 heteroatoms. The van der Waals surface area contributed by atoms with Crippen LogP contribution in [0.25, 0.3) is 0 Å². The lowest BCUT2D eigenvalue weighted by atomic mass is 10.2. The first-order valence-electron chi connectivity index (χ1n) is 7.10. The van der Waals surface area contributed by atoms with Crippen molar-refractivity contribution in [3.63, 3.8) is 0 Å². The number of alkyl halides is 2. The van der Waals surface area contributed by atoms with Crippen LogP contribution >= 0.6 is 23.2 Å². The van der Waals surface area contributed by atoms with Gasteiger partial charge in [0, 0.05) is 42.3 Å². The van der Waals surface area contributed by atoms with Gasteiger partial charge in [-0.3, -0.25) is 4.99 Å². The molecule has 0 aromatic heterocycles. The number of halogens is 4. The van der Waals surface area contributed by atoms with Gasteiger partial charge in [-0.25, -0.2) is 8.78 Å². The zero-order valence-electron chi connectivity index (χ0n) is 12.4. The van der Waals surface area contributed by atoms with Crippen LogP contribution in [0.1, 0.15) is 5.56 Å². The number of nitrogens with zero attached hydrogens (tertiary/aromatic N) is 2. The van der Waals surface area contributed by atoms with Gasteiger partial charge in [0.2, 0.25) is 0 Å². The predicted octanol–water partition coefficient (Wildman–Crippen LogP) is 5.00. The number of rotatable bonds is 7. The molecule has 0 unspecified atom stereocenters. The SMILES string of the molecule is Fc1ccc(N=Cc2ccc(N(CCCl)CCCl)cc2F)cc1. The maximum atomic E-state index is 14.2. The van der Waals surface area contributed by atoms with Crippen LogP contribution in [-0.4, -0.2) is 31.1 Å². The largest absolute Gasteiger partial charge is 0.369 e. The molecule has 0 amide bonds. The molecule has 122 valence electrons. The van der Waals surface area contributed by atoms with E-state index in [4.69, 9.17) is 23.2 Å². The maximum Gasteiger partial charge on any atom is 0.134 e. The Morgan fingerprint density at radius 1 is 0.957 bits per heavy atom. The summed E-state index contributed by atoms with van der Waals surface area (Å²) in [5.74, 6) is 0.152. The highest BCUT2D eigenvalue weighted by Crippen LogP contribution is 2.19. The molecule has 0 saturated carbocycles. The Balaban J connectivity index is 2.16. The zero-order valence-corrected chi connectivity index (χ0v) is 13.9. The summed E-state index contributed by atoms with van der Waals surface area (Å²) in [6, 6.07) is 10.6. The highest BCUT2D eigenvalue weighted by atomic mass is 35.5. The summed E-state index contributed by atoms with van der Waals surface area (Å²) in [5.41, 5.74) is 1.64. The molecule has 23 heavy (non-hydrogen) atoms. The first kappa shape index (κ1) is 17.7. The number of benzene rings is 2. The fraction of sp³-hybridized carbons (Fsp3) is 0.235. The van der Waals surface area contributed by atoms with Crippen LogP contribution < -0.4 is 4.90 Å². The second kappa shape index (κ2) is 8.85. The third-order valence-corrected chi connectivity index (χ3v) is 3.58. The summed E-state index contributed by atoms with van der Waals surface area (Å²) in [6.07, 6.45) is 1.42. The molecule has 0 aliphatic carbocycles. The molecule has 0 atom stereocenters. The minimum atomic E-state index is -0.387. The van der Waals surface area contributed by atoms with Crippen molar-refractivity contribution < 1.29 is 8.78 Å². The molecule has 2 nitrogen and oxygen atoms in total. The Kier molecular flexibility index (Phi) is 6.81. The summed E-state index contributed by atoms with van der Waals surface area (Å²) in [4.78, 5) is 6.06. The third-order valence-electron chi connectivity index (χ3n) is 3.24. The Morgan fingerprint density at radius 2 is 1.61 bits per heavy atom. The molecule has 2 rings (SSSR count). The number of hydrogen-bond acceptors (Lipinski definition) is 2. The van der Waals surface area contributed by atoms with Crippen molar-refractivity contribution in [3.05, 3.63) is 59.7 Å². The molecule has 0 aliphatic rings. The van der Waals surface area contributed by atoms with Gasteiger partial charge in [-0.15, -0.1) is 23.2 Å². The number of aliphatic imine (C=N–C) groups is 1. The van der Waals surface area contributed by atoms with Gasteiger partial charge in [-0.05, 0) is 42.5 Å². The van der Waals surface area contributed by atoms with E-state index < -0.39 is 0 Å². The van der Waals surface area contributed by atoms with E-state index in [-0.39, 0.29) is 11.6 Å². The molecule has 0 bridgehead atoms. The second-order valence-electron chi connectivity index (χ2n) is 4.81. The van der Waals surface area contributed by atoms with Crippen molar-refractivity contribution in [2.75, 3.05) is 29.7 Å². The number of hydrogen-bond donors (Lipinski definition) is 0. The Hall–Kier alpha value is -1.65. The molecule has 0 fully saturated rings. The van der Waals surface area contributed by atoms with E-state index in [0.717, 1.165) is 5.69 Å². The van der Waals surface area contributed by atoms with Gasteiger partial charge < -0.3 is 4.90 Å². The Labute approximate surface area is 144 Å². The molecule has 0 heterocycles. The van der Waals surface area contributed by atoms with E-state index in [1.54, 1.807) is 12.1 Å². The van der Waals surface area contributed by atoms with Gasteiger partial charge >= 0.3 is 0 Å². The fourth-order valence-electron chi connectivity index (χ4n) is 2.06. The van der Waals surface area contributed by atoms with Crippen molar-refractivity contribution in [1.82, 2.24) is 0 Å². The van der Waals surface area contributed by atoms with Crippen LogP contribution in [0, 0.1) is 11.6 Å². The highest BCUT2D eigenvalue weighted by molar-refractivity contribution is 6.18. The van der Waals surface area contributed by atoms with Crippen LogP contribution in [0.4, 0.5) is 20.2 Å². The molecule has 0 saturated heterocycles. The summed E-state index contributed by atoms with van der Waals surface area (Å²) in [6.45, 7) is 1.19. The Bertz CT molecular complexity index is 654. The molecule has 2 aromatic rings. The smallest absolute Gasteiger partial charge is 0.134 e. The van der Waals surface area contributed by atoms with E-state index in [2.05, 4.69) is 4.99 Å². The first-order valence-corrected chi connectivity index (χ1v) is 8.17. The van der Waals surface area contributed by atoms with E-state index in [1.807, 2.05) is 4.90 Å². The lowest BCUT2D eigenvalue weighted by molar-refractivity contribution is 0.625. The van der Waals surface area contributed by atoms with Crippen LogP contribution in [0.2, 0.25) is 0 Å². The average molecular weight is 357 g/mol. The minimum Gasteiger partial charge on any atom is -0.369 e. The quantitative estimate of drug-likeness (QED) is 0.503. The maximum absolute atomic E-state index is 14.2.